The SMILES string of the molecule is COc1cc2c(c(OC)c1O)CC(c1ccccc1O)CO2. The Labute approximate surface area is 128 Å². The second-order valence-corrected chi connectivity index (χ2v) is 5.21. The van der Waals surface area contributed by atoms with E-state index in [4.69, 9.17) is 14.2 Å². The summed E-state index contributed by atoms with van der Waals surface area (Å²) in [6.07, 6.45) is 0.605. The molecule has 1 atom stereocenters. The number of hydrogen-bond acceptors (Lipinski definition) is 5. The topological polar surface area (TPSA) is 68.2 Å². The van der Waals surface area contributed by atoms with Crippen LogP contribution in [0.2, 0.25) is 0 Å². The van der Waals surface area contributed by atoms with Gasteiger partial charge >= 0.3 is 0 Å². The van der Waals surface area contributed by atoms with Gasteiger partial charge in [0.15, 0.2) is 11.5 Å². The van der Waals surface area contributed by atoms with Gasteiger partial charge in [-0.2, -0.15) is 0 Å². The van der Waals surface area contributed by atoms with E-state index < -0.39 is 0 Å². The van der Waals surface area contributed by atoms with Crippen molar-refractivity contribution in [2.24, 2.45) is 0 Å². The molecule has 0 aromatic heterocycles. The van der Waals surface area contributed by atoms with Crippen LogP contribution in [0.1, 0.15) is 17.0 Å². The molecule has 22 heavy (non-hydrogen) atoms. The normalized spacial score (nSPS) is 16.5. The standard InChI is InChI=1S/C17H18O5/c1-20-15-8-14-12(17(21-2)16(15)19)7-10(9-22-14)11-5-3-4-6-13(11)18/h3-6,8,10,18-19H,7,9H2,1-2H3. The Morgan fingerprint density at radius 3 is 2.59 bits per heavy atom. The quantitative estimate of drug-likeness (QED) is 0.912. The van der Waals surface area contributed by atoms with Gasteiger partial charge in [-0.3, -0.25) is 0 Å². The Morgan fingerprint density at radius 2 is 1.91 bits per heavy atom. The summed E-state index contributed by atoms with van der Waals surface area (Å²) in [5.74, 6) is 1.51. The molecule has 0 saturated heterocycles. The van der Waals surface area contributed by atoms with Crippen LogP contribution in [0.3, 0.4) is 0 Å². The van der Waals surface area contributed by atoms with Gasteiger partial charge in [0.1, 0.15) is 11.5 Å². The van der Waals surface area contributed by atoms with Gasteiger partial charge in [0, 0.05) is 23.1 Å². The van der Waals surface area contributed by atoms with E-state index in [-0.39, 0.29) is 17.4 Å². The van der Waals surface area contributed by atoms with E-state index in [9.17, 15) is 10.2 Å². The predicted octanol–water partition coefficient (Wildman–Crippen LogP) is 2.83. The van der Waals surface area contributed by atoms with E-state index in [1.165, 1.54) is 14.2 Å². The van der Waals surface area contributed by atoms with Crippen molar-refractivity contribution in [1.82, 2.24) is 0 Å². The zero-order valence-electron chi connectivity index (χ0n) is 12.5. The van der Waals surface area contributed by atoms with Crippen LogP contribution in [-0.2, 0) is 6.42 Å². The number of hydrogen-bond donors (Lipinski definition) is 2. The summed E-state index contributed by atoms with van der Waals surface area (Å²) >= 11 is 0. The molecule has 1 aliphatic rings. The molecule has 0 saturated carbocycles. The Bertz CT molecular complexity index is 696. The number of ether oxygens (including phenoxy) is 3. The van der Waals surface area contributed by atoms with E-state index in [1.54, 1.807) is 18.2 Å². The van der Waals surface area contributed by atoms with E-state index in [1.807, 2.05) is 12.1 Å². The Hall–Kier alpha value is -2.56. The second-order valence-electron chi connectivity index (χ2n) is 5.21. The maximum absolute atomic E-state index is 10.2. The van der Waals surface area contributed by atoms with Gasteiger partial charge in [0.25, 0.3) is 0 Å². The molecule has 0 amide bonds. The molecule has 2 aromatic carbocycles. The number of methoxy groups -OCH3 is 2. The molecule has 2 aromatic rings. The average molecular weight is 302 g/mol. The lowest BCUT2D eigenvalue weighted by Gasteiger charge is -2.28. The van der Waals surface area contributed by atoms with Crippen LogP contribution in [0, 0.1) is 0 Å². The largest absolute Gasteiger partial charge is 0.508 e. The molecular formula is C17H18O5. The summed E-state index contributed by atoms with van der Waals surface area (Å²) in [4.78, 5) is 0. The lowest BCUT2D eigenvalue weighted by Crippen LogP contribution is -2.20. The molecule has 5 heteroatoms. The fourth-order valence-corrected chi connectivity index (χ4v) is 2.87. The number of benzene rings is 2. The highest BCUT2D eigenvalue weighted by Crippen LogP contribution is 2.48. The molecule has 5 nitrogen and oxygen atoms in total. The zero-order chi connectivity index (χ0) is 15.7. The summed E-state index contributed by atoms with van der Waals surface area (Å²) < 4.78 is 16.3. The Kier molecular flexibility index (Phi) is 3.71. The average Bonchev–Trinajstić information content (AvgIpc) is 2.54. The fourth-order valence-electron chi connectivity index (χ4n) is 2.87. The summed E-state index contributed by atoms with van der Waals surface area (Å²) in [7, 11) is 2.98. The first kappa shape index (κ1) is 14.4. The maximum Gasteiger partial charge on any atom is 0.201 e. The Morgan fingerprint density at radius 1 is 1.14 bits per heavy atom. The number of aromatic hydroxyl groups is 2. The molecule has 0 fully saturated rings. The molecule has 3 rings (SSSR count). The third-order valence-electron chi connectivity index (χ3n) is 3.97. The smallest absolute Gasteiger partial charge is 0.201 e. The van der Waals surface area contributed by atoms with Crippen molar-refractivity contribution in [3.63, 3.8) is 0 Å². The number of phenolic OH excluding ortho intramolecular Hbond substituents is 2. The van der Waals surface area contributed by atoms with E-state index >= 15 is 0 Å². The summed E-state index contributed by atoms with van der Waals surface area (Å²) in [6, 6.07) is 8.87. The van der Waals surface area contributed by atoms with E-state index in [0.717, 1.165) is 11.1 Å². The first-order valence-electron chi connectivity index (χ1n) is 7.03. The van der Waals surface area contributed by atoms with Gasteiger partial charge in [-0.15, -0.1) is 0 Å². The summed E-state index contributed by atoms with van der Waals surface area (Å²) in [5, 5.41) is 20.2. The maximum atomic E-state index is 10.2. The molecule has 2 N–H and O–H groups in total. The number of fused-ring (bicyclic) bond motifs is 1. The molecule has 1 aliphatic heterocycles. The van der Waals surface area contributed by atoms with Crippen LogP contribution in [-0.4, -0.2) is 31.0 Å². The molecule has 0 spiro atoms. The molecule has 0 bridgehead atoms. The Balaban J connectivity index is 2.02. The minimum atomic E-state index is -0.0368. The highest BCUT2D eigenvalue weighted by molar-refractivity contribution is 5.62. The van der Waals surface area contributed by atoms with Gasteiger partial charge in [-0.25, -0.2) is 0 Å². The van der Waals surface area contributed by atoms with Crippen molar-refractivity contribution in [3.8, 4) is 28.7 Å². The van der Waals surface area contributed by atoms with Crippen molar-refractivity contribution in [2.45, 2.75) is 12.3 Å². The fraction of sp³-hybridized carbons (Fsp3) is 0.294. The van der Waals surface area contributed by atoms with E-state index in [0.29, 0.717) is 30.3 Å². The number of rotatable bonds is 3. The third kappa shape index (κ3) is 2.28. The van der Waals surface area contributed by atoms with Crippen LogP contribution in [0.5, 0.6) is 28.7 Å². The molecule has 1 unspecified atom stereocenters. The van der Waals surface area contributed by atoms with Gasteiger partial charge in [-0.05, 0) is 12.5 Å². The van der Waals surface area contributed by atoms with Crippen LogP contribution in [0.4, 0.5) is 0 Å². The van der Waals surface area contributed by atoms with Gasteiger partial charge in [0.05, 0.1) is 20.8 Å². The van der Waals surface area contributed by atoms with E-state index in [2.05, 4.69) is 0 Å². The lowest BCUT2D eigenvalue weighted by atomic mass is 9.89. The van der Waals surface area contributed by atoms with Crippen molar-refractivity contribution >= 4 is 0 Å². The summed E-state index contributed by atoms with van der Waals surface area (Å²) in [6.45, 7) is 0.446. The number of phenols is 2. The highest BCUT2D eigenvalue weighted by Gasteiger charge is 2.29. The van der Waals surface area contributed by atoms with Crippen LogP contribution < -0.4 is 14.2 Å². The minimum Gasteiger partial charge on any atom is -0.508 e. The second kappa shape index (κ2) is 5.67. The molecule has 1 heterocycles. The molecular weight excluding hydrogens is 284 g/mol. The van der Waals surface area contributed by atoms with Gasteiger partial charge in [-0.1, -0.05) is 18.2 Å². The van der Waals surface area contributed by atoms with Crippen molar-refractivity contribution < 1.29 is 24.4 Å². The van der Waals surface area contributed by atoms with Crippen LogP contribution >= 0.6 is 0 Å². The minimum absolute atomic E-state index is 0.00426. The molecule has 116 valence electrons. The molecule has 0 radical (unpaired) electrons. The monoisotopic (exact) mass is 302 g/mol. The van der Waals surface area contributed by atoms with Gasteiger partial charge < -0.3 is 24.4 Å². The summed E-state index contributed by atoms with van der Waals surface area (Å²) in [5.41, 5.74) is 1.60. The van der Waals surface area contributed by atoms with Crippen molar-refractivity contribution in [3.05, 3.63) is 41.5 Å². The highest BCUT2D eigenvalue weighted by atomic mass is 16.5. The molecule has 0 aliphatic carbocycles. The first-order chi connectivity index (χ1) is 10.7. The van der Waals surface area contributed by atoms with Crippen LogP contribution in [0.25, 0.3) is 0 Å². The lowest BCUT2D eigenvalue weighted by molar-refractivity contribution is 0.249. The predicted molar refractivity (Wildman–Crippen MR) is 81.3 cm³/mol. The first-order valence-corrected chi connectivity index (χ1v) is 7.03. The number of para-hydroxylation sites is 1. The van der Waals surface area contributed by atoms with Crippen molar-refractivity contribution in [1.29, 1.82) is 0 Å². The van der Waals surface area contributed by atoms with Gasteiger partial charge in [0.2, 0.25) is 5.75 Å². The third-order valence-corrected chi connectivity index (χ3v) is 3.97. The zero-order valence-corrected chi connectivity index (χ0v) is 12.5. The van der Waals surface area contributed by atoms with Crippen molar-refractivity contribution in [2.75, 3.05) is 20.8 Å². The van der Waals surface area contributed by atoms with Crippen LogP contribution in [0.15, 0.2) is 30.3 Å².